The van der Waals surface area contributed by atoms with Crippen LogP contribution in [0.4, 0.5) is 10.1 Å². The van der Waals surface area contributed by atoms with Crippen LogP contribution in [0.25, 0.3) is 0 Å². The lowest BCUT2D eigenvalue weighted by Gasteiger charge is -2.46. The minimum Gasteiger partial charge on any atom is -0.366 e. The number of nitrogens with zero attached hydrogens (tertiary/aromatic N) is 1. The van der Waals surface area contributed by atoms with Crippen molar-refractivity contribution in [3.05, 3.63) is 29.6 Å². The maximum Gasteiger partial charge on any atom is 0.146 e. The number of hydrogen-bond acceptors (Lipinski definition) is 2. The summed E-state index contributed by atoms with van der Waals surface area (Å²) in [4.78, 5) is 2.33. The van der Waals surface area contributed by atoms with E-state index in [1.54, 1.807) is 12.1 Å². The Morgan fingerprint density at radius 3 is 2.75 bits per heavy atom. The van der Waals surface area contributed by atoms with Crippen molar-refractivity contribution in [1.29, 1.82) is 0 Å². The molecule has 3 atom stereocenters. The molecule has 1 aromatic carbocycles. The van der Waals surface area contributed by atoms with Gasteiger partial charge >= 0.3 is 0 Å². The molecule has 1 heterocycles. The second kappa shape index (κ2) is 5.72. The van der Waals surface area contributed by atoms with Crippen LogP contribution in [0.15, 0.2) is 18.2 Å². The molecule has 1 saturated heterocycles. The maximum absolute atomic E-state index is 14.5. The number of hydrogen-bond donors (Lipinski definition) is 1. The Morgan fingerprint density at radius 2 is 1.95 bits per heavy atom. The van der Waals surface area contributed by atoms with Crippen molar-refractivity contribution < 1.29 is 4.39 Å². The fourth-order valence-corrected chi connectivity index (χ4v) is 4.10. The van der Waals surface area contributed by atoms with Gasteiger partial charge in [-0.05, 0) is 50.2 Å². The molecule has 1 aliphatic heterocycles. The second-order valence-electron chi connectivity index (χ2n) is 6.41. The third kappa shape index (κ3) is 2.44. The maximum atomic E-state index is 14.5. The van der Waals surface area contributed by atoms with E-state index in [1.807, 2.05) is 13.0 Å². The van der Waals surface area contributed by atoms with E-state index in [4.69, 9.17) is 5.73 Å². The van der Waals surface area contributed by atoms with E-state index in [9.17, 15) is 4.39 Å². The zero-order chi connectivity index (χ0) is 14.1. The van der Waals surface area contributed by atoms with Crippen molar-refractivity contribution in [2.45, 2.75) is 57.5 Å². The summed E-state index contributed by atoms with van der Waals surface area (Å²) in [7, 11) is 0. The lowest BCUT2D eigenvalue weighted by Crippen LogP contribution is -2.47. The molecule has 1 aliphatic carbocycles. The zero-order valence-corrected chi connectivity index (χ0v) is 12.3. The average molecular weight is 276 g/mol. The number of benzene rings is 1. The predicted octanol–water partition coefficient (Wildman–Crippen LogP) is 4.00. The second-order valence-corrected chi connectivity index (χ2v) is 6.41. The predicted molar refractivity (Wildman–Crippen MR) is 81.3 cm³/mol. The highest BCUT2D eigenvalue weighted by atomic mass is 19.1. The summed E-state index contributed by atoms with van der Waals surface area (Å²) in [5.74, 6) is 0.643. The molecule has 110 valence electrons. The van der Waals surface area contributed by atoms with Gasteiger partial charge < -0.3 is 10.6 Å². The molecule has 0 radical (unpaired) electrons. The molecular weight excluding hydrogens is 251 g/mol. The Hall–Kier alpha value is -1.09. The van der Waals surface area contributed by atoms with Crippen molar-refractivity contribution in [2.75, 3.05) is 11.4 Å². The average Bonchev–Trinajstić information content (AvgIpc) is 2.46. The molecule has 2 nitrogen and oxygen atoms in total. The SMILES string of the molecule is C[C@H](N)c1cccc(F)c1N1CCCC2CCCCC21. The molecule has 0 amide bonds. The van der Waals surface area contributed by atoms with Crippen molar-refractivity contribution in [3.63, 3.8) is 0 Å². The topological polar surface area (TPSA) is 29.3 Å². The lowest BCUT2D eigenvalue weighted by molar-refractivity contribution is 0.242. The van der Waals surface area contributed by atoms with E-state index >= 15 is 0 Å². The van der Waals surface area contributed by atoms with Crippen molar-refractivity contribution in [1.82, 2.24) is 0 Å². The van der Waals surface area contributed by atoms with Crippen LogP contribution in [0.5, 0.6) is 0 Å². The first kappa shape index (κ1) is 13.9. The molecule has 3 heteroatoms. The first-order chi connectivity index (χ1) is 9.68. The van der Waals surface area contributed by atoms with E-state index in [0.717, 1.165) is 23.7 Å². The van der Waals surface area contributed by atoms with E-state index < -0.39 is 0 Å². The van der Waals surface area contributed by atoms with Crippen molar-refractivity contribution in [3.8, 4) is 0 Å². The third-order valence-corrected chi connectivity index (χ3v) is 5.04. The standard InChI is InChI=1S/C17H25FN2/c1-12(19)14-8-4-9-15(18)17(14)20-11-5-7-13-6-2-3-10-16(13)20/h4,8-9,12-13,16H,2-3,5-7,10-11,19H2,1H3/t12-,13?,16?/m0/s1. The molecule has 0 spiro atoms. The minimum absolute atomic E-state index is 0.106. The first-order valence-electron chi connectivity index (χ1n) is 7.99. The van der Waals surface area contributed by atoms with Crippen molar-refractivity contribution in [2.24, 2.45) is 11.7 Å². The summed E-state index contributed by atoms with van der Waals surface area (Å²) in [6, 6.07) is 5.74. The van der Waals surface area contributed by atoms with E-state index in [0.29, 0.717) is 6.04 Å². The highest BCUT2D eigenvalue weighted by Crippen LogP contribution is 2.40. The number of fused-ring (bicyclic) bond motifs is 1. The van der Waals surface area contributed by atoms with Gasteiger partial charge in [0.2, 0.25) is 0 Å². The molecule has 2 aliphatic rings. The highest BCUT2D eigenvalue weighted by molar-refractivity contribution is 5.57. The summed E-state index contributed by atoms with van der Waals surface area (Å²) in [6.07, 6.45) is 7.61. The van der Waals surface area contributed by atoms with Gasteiger partial charge in [-0.25, -0.2) is 4.39 Å². The molecule has 2 N–H and O–H groups in total. The molecule has 20 heavy (non-hydrogen) atoms. The Balaban J connectivity index is 1.98. The molecule has 1 saturated carbocycles. The Bertz CT molecular complexity index is 470. The fraction of sp³-hybridized carbons (Fsp3) is 0.647. The van der Waals surface area contributed by atoms with Crippen molar-refractivity contribution >= 4 is 5.69 Å². The first-order valence-corrected chi connectivity index (χ1v) is 7.99. The van der Waals surface area contributed by atoms with Gasteiger partial charge in [0.1, 0.15) is 5.82 Å². The Morgan fingerprint density at radius 1 is 1.20 bits per heavy atom. The van der Waals surface area contributed by atoms with Crippen LogP contribution >= 0.6 is 0 Å². The quantitative estimate of drug-likeness (QED) is 0.884. The van der Waals surface area contributed by atoms with Gasteiger partial charge in [-0.15, -0.1) is 0 Å². The van der Waals surface area contributed by atoms with Gasteiger partial charge in [0.05, 0.1) is 5.69 Å². The van der Waals surface area contributed by atoms with Crippen LogP contribution in [0.2, 0.25) is 0 Å². The van der Waals surface area contributed by atoms with Crippen LogP contribution in [-0.4, -0.2) is 12.6 Å². The number of anilines is 1. The number of rotatable bonds is 2. The van der Waals surface area contributed by atoms with Gasteiger partial charge in [-0.2, -0.15) is 0 Å². The molecule has 3 rings (SSSR count). The zero-order valence-electron chi connectivity index (χ0n) is 12.3. The van der Waals surface area contributed by atoms with Gasteiger partial charge in [0.25, 0.3) is 0 Å². The van der Waals surface area contributed by atoms with Crippen LogP contribution in [0.1, 0.15) is 57.1 Å². The number of nitrogens with two attached hydrogens (primary N) is 1. The molecule has 1 aromatic rings. The van der Waals surface area contributed by atoms with Gasteiger partial charge in [-0.3, -0.25) is 0 Å². The van der Waals surface area contributed by atoms with Crippen LogP contribution in [0.3, 0.4) is 0 Å². The van der Waals surface area contributed by atoms with E-state index in [2.05, 4.69) is 4.90 Å². The molecule has 2 unspecified atom stereocenters. The minimum atomic E-state index is -0.121. The lowest BCUT2D eigenvalue weighted by atomic mass is 9.78. The van der Waals surface area contributed by atoms with Gasteiger partial charge in [0.15, 0.2) is 0 Å². The summed E-state index contributed by atoms with van der Waals surface area (Å²) in [5.41, 5.74) is 7.80. The molecule has 2 fully saturated rings. The summed E-state index contributed by atoms with van der Waals surface area (Å²) >= 11 is 0. The summed E-state index contributed by atoms with van der Waals surface area (Å²) in [6.45, 7) is 2.92. The molecule has 0 aromatic heterocycles. The highest BCUT2D eigenvalue weighted by Gasteiger charge is 2.35. The Labute approximate surface area is 121 Å². The monoisotopic (exact) mass is 276 g/mol. The smallest absolute Gasteiger partial charge is 0.146 e. The van der Waals surface area contributed by atoms with E-state index in [-0.39, 0.29) is 11.9 Å². The van der Waals surface area contributed by atoms with E-state index in [1.165, 1.54) is 38.5 Å². The summed E-state index contributed by atoms with van der Waals surface area (Å²) in [5, 5.41) is 0. The molecule has 0 bridgehead atoms. The van der Waals surface area contributed by atoms with Crippen LogP contribution < -0.4 is 10.6 Å². The largest absolute Gasteiger partial charge is 0.366 e. The van der Waals surface area contributed by atoms with Gasteiger partial charge in [-0.1, -0.05) is 25.0 Å². The summed E-state index contributed by atoms with van der Waals surface area (Å²) < 4.78 is 14.5. The van der Waals surface area contributed by atoms with Gasteiger partial charge in [0, 0.05) is 18.6 Å². The normalized spacial score (nSPS) is 28.1. The number of para-hydroxylation sites is 1. The molecular formula is C17H25FN2. The fourth-order valence-electron chi connectivity index (χ4n) is 4.10. The Kier molecular flexibility index (Phi) is 3.97. The van der Waals surface area contributed by atoms with Crippen LogP contribution in [0, 0.1) is 11.7 Å². The number of piperidine rings is 1. The number of halogens is 1. The van der Waals surface area contributed by atoms with Crippen LogP contribution in [-0.2, 0) is 0 Å². The third-order valence-electron chi connectivity index (χ3n) is 5.04.